The van der Waals surface area contributed by atoms with E-state index >= 15 is 0 Å². The first kappa shape index (κ1) is 23.9. The summed E-state index contributed by atoms with van der Waals surface area (Å²) in [5, 5.41) is 4.51. The number of aromatic nitrogens is 3. The average Bonchev–Trinajstić information content (AvgIpc) is 3.07. The van der Waals surface area contributed by atoms with Crippen molar-refractivity contribution in [2.45, 2.75) is 13.8 Å². The molecule has 5 rings (SSSR count). The third-order valence-corrected chi connectivity index (χ3v) is 6.89. The molecule has 0 saturated heterocycles. The van der Waals surface area contributed by atoms with Crippen molar-refractivity contribution < 1.29 is 4.79 Å². The van der Waals surface area contributed by atoms with Gasteiger partial charge in [0.15, 0.2) is 0 Å². The summed E-state index contributed by atoms with van der Waals surface area (Å²) in [6.45, 7) is 3.63. The number of fused-ring (bicyclic) bond motifs is 1. The summed E-state index contributed by atoms with van der Waals surface area (Å²) in [5.41, 5.74) is 4.20. The maximum absolute atomic E-state index is 13.8. The fourth-order valence-electron chi connectivity index (χ4n) is 4.43. The first-order valence-electron chi connectivity index (χ1n) is 11.3. The van der Waals surface area contributed by atoms with Crippen molar-refractivity contribution in [1.82, 2.24) is 14.3 Å². The zero-order valence-corrected chi connectivity index (χ0v) is 21.4. The summed E-state index contributed by atoms with van der Waals surface area (Å²) in [6, 6.07) is 21.9. The SMILES string of the molecule is Cc1c(-c2ccc(Cl)cc2Cl)nc2ccccc2c1C(=O)Nc1c(C)n(C)n(-c2ccccc2)c1=O. The molecule has 0 saturated carbocycles. The molecule has 0 aliphatic heterocycles. The quantitative estimate of drug-likeness (QED) is 0.293. The molecule has 3 aromatic carbocycles. The number of hydrogen-bond acceptors (Lipinski definition) is 3. The minimum Gasteiger partial charge on any atom is -0.316 e. The Kier molecular flexibility index (Phi) is 6.16. The number of benzene rings is 3. The van der Waals surface area contributed by atoms with Gasteiger partial charge in [0.1, 0.15) is 5.69 Å². The second-order valence-corrected chi connectivity index (χ2v) is 9.34. The fraction of sp³-hybridized carbons (Fsp3) is 0.107. The van der Waals surface area contributed by atoms with Crippen molar-refractivity contribution in [1.29, 1.82) is 0 Å². The number of anilines is 1. The molecule has 2 heterocycles. The number of nitrogens with one attached hydrogen (secondary N) is 1. The van der Waals surface area contributed by atoms with E-state index in [0.717, 1.165) is 0 Å². The van der Waals surface area contributed by atoms with Gasteiger partial charge in [-0.1, -0.05) is 59.6 Å². The van der Waals surface area contributed by atoms with Crippen LogP contribution in [-0.4, -0.2) is 20.3 Å². The number of carbonyl (C=O) groups is 1. The van der Waals surface area contributed by atoms with E-state index in [2.05, 4.69) is 5.32 Å². The second kappa shape index (κ2) is 9.30. The Morgan fingerprint density at radius 2 is 1.64 bits per heavy atom. The molecule has 2 aromatic heterocycles. The molecule has 0 bridgehead atoms. The van der Waals surface area contributed by atoms with Crippen LogP contribution in [0, 0.1) is 13.8 Å². The van der Waals surface area contributed by atoms with Crippen molar-refractivity contribution >= 4 is 45.7 Å². The lowest BCUT2D eigenvalue weighted by atomic mass is 9.97. The van der Waals surface area contributed by atoms with Crippen LogP contribution >= 0.6 is 23.2 Å². The van der Waals surface area contributed by atoms with Gasteiger partial charge in [-0.05, 0) is 55.8 Å². The van der Waals surface area contributed by atoms with Crippen molar-refractivity contribution in [3.8, 4) is 16.9 Å². The predicted molar refractivity (Wildman–Crippen MR) is 146 cm³/mol. The smallest absolute Gasteiger partial charge is 0.295 e. The summed E-state index contributed by atoms with van der Waals surface area (Å²) >= 11 is 12.6. The number of nitrogens with zero attached hydrogens (tertiary/aromatic N) is 3. The summed E-state index contributed by atoms with van der Waals surface area (Å²) < 4.78 is 3.26. The first-order chi connectivity index (χ1) is 17.3. The van der Waals surface area contributed by atoms with E-state index in [1.54, 1.807) is 36.9 Å². The number of para-hydroxylation sites is 2. The van der Waals surface area contributed by atoms with Gasteiger partial charge in [0.25, 0.3) is 11.5 Å². The van der Waals surface area contributed by atoms with Crippen LogP contribution in [0.2, 0.25) is 10.0 Å². The van der Waals surface area contributed by atoms with E-state index in [1.165, 1.54) is 4.68 Å². The topological polar surface area (TPSA) is 68.9 Å². The highest BCUT2D eigenvalue weighted by atomic mass is 35.5. The molecule has 0 unspecified atom stereocenters. The van der Waals surface area contributed by atoms with Crippen LogP contribution in [0.1, 0.15) is 21.6 Å². The van der Waals surface area contributed by atoms with Crippen LogP contribution in [-0.2, 0) is 7.05 Å². The summed E-state index contributed by atoms with van der Waals surface area (Å²) in [6.07, 6.45) is 0. The molecule has 1 amide bonds. The Morgan fingerprint density at radius 3 is 2.36 bits per heavy atom. The van der Waals surface area contributed by atoms with Gasteiger partial charge in [-0.3, -0.25) is 14.3 Å². The highest BCUT2D eigenvalue weighted by molar-refractivity contribution is 6.36. The van der Waals surface area contributed by atoms with Gasteiger partial charge in [0.05, 0.1) is 33.2 Å². The minimum absolute atomic E-state index is 0.220. The lowest BCUT2D eigenvalue weighted by Gasteiger charge is -2.15. The van der Waals surface area contributed by atoms with Crippen LogP contribution in [0.4, 0.5) is 5.69 Å². The molecule has 6 nitrogen and oxygen atoms in total. The molecule has 1 N–H and O–H groups in total. The Morgan fingerprint density at radius 1 is 0.944 bits per heavy atom. The van der Waals surface area contributed by atoms with E-state index in [4.69, 9.17) is 28.2 Å². The maximum Gasteiger partial charge on any atom is 0.295 e. The van der Waals surface area contributed by atoms with E-state index in [-0.39, 0.29) is 11.2 Å². The zero-order valence-electron chi connectivity index (χ0n) is 19.8. The molecular formula is C28H22Cl2N4O2. The molecule has 36 heavy (non-hydrogen) atoms. The molecule has 0 fully saturated rings. The third kappa shape index (κ3) is 3.98. The molecule has 0 spiro atoms. The summed E-state index contributed by atoms with van der Waals surface area (Å²) in [4.78, 5) is 32.0. The minimum atomic E-state index is -0.400. The molecule has 5 aromatic rings. The molecule has 0 aliphatic rings. The van der Waals surface area contributed by atoms with Gasteiger partial charge in [0, 0.05) is 23.0 Å². The lowest BCUT2D eigenvalue weighted by Crippen LogP contribution is -2.23. The molecule has 8 heteroatoms. The summed E-state index contributed by atoms with van der Waals surface area (Å²) in [5.74, 6) is -0.400. The van der Waals surface area contributed by atoms with Gasteiger partial charge in [-0.2, -0.15) is 0 Å². The highest BCUT2D eigenvalue weighted by Gasteiger charge is 2.23. The molecule has 0 atom stereocenters. The van der Waals surface area contributed by atoms with Gasteiger partial charge in [-0.25, -0.2) is 9.67 Å². The normalized spacial score (nSPS) is 11.1. The highest BCUT2D eigenvalue weighted by Crippen LogP contribution is 2.35. The standard InChI is InChI=1S/C28H22Cl2N4O2/c1-16-24(21-11-7-8-12-23(21)31-25(16)20-14-13-18(29)15-22(20)30)27(35)32-26-17(2)33(3)34(28(26)36)19-9-5-4-6-10-19/h4-15H,1-3H3,(H,32,35). The Bertz CT molecular complexity index is 1710. The van der Waals surface area contributed by atoms with Crippen molar-refractivity contribution in [2.24, 2.45) is 7.05 Å². The van der Waals surface area contributed by atoms with Crippen LogP contribution in [0.25, 0.3) is 27.8 Å². The second-order valence-electron chi connectivity index (χ2n) is 8.49. The van der Waals surface area contributed by atoms with Gasteiger partial charge in [-0.15, -0.1) is 0 Å². The lowest BCUT2D eigenvalue weighted by molar-refractivity contribution is 0.102. The van der Waals surface area contributed by atoms with Gasteiger partial charge >= 0.3 is 0 Å². The Balaban J connectivity index is 1.66. The largest absolute Gasteiger partial charge is 0.316 e. The van der Waals surface area contributed by atoms with E-state index < -0.39 is 5.91 Å². The monoisotopic (exact) mass is 516 g/mol. The number of pyridine rings is 1. The third-order valence-electron chi connectivity index (χ3n) is 6.34. The van der Waals surface area contributed by atoms with Crippen molar-refractivity contribution in [3.63, 3.8) is 0 Å². The number of hydrogen-bond donors (Lipinski definition) is 1. The molecular weight excluding hydrogens is 495 g/mol. The number of rotatable bonds is 4. The van der Waals surface area contributed by atoms with E-state index in [0.29, 0.717) is 54.7 Å². The van der Waals surface area contributed by atoms with Crippen LogP contribution in [0.3, 0.4) is 0 Å². The number of carbonyl (C=O) groups excluding carboxylic acids is 1. The predicted octanol–water partition coefficient (Wildman–Crippen LogP) is 6.57. The Labute approximate surface area is 217 Å². The summed E-state index contributed by atoms with van der Waals surface area (Å²) in [7, 11) is 1.78. The maximum atomic E-state index is 13.8. The molecule has 0 radical (unpaired) electrons. The van der Waals surface area contributed by atoms with Crippen LogP contribution < -0.4 is 10.9 Å². The average molecular weight is 517 g/mol. The van der Waals surface area contributed by atoms with Crippen LogP contribution in [0.5, 0.6) is 0 Å². The first-order valence-corrected chi connectivity index (χ1v) is 12.0. The number of halogens is 2. The molecule has 0 aliphatic carbocycles. The Hall–Kier alpha value is -3.87. The van der Waals surface area contributed by atoms with E-state index in [1.807, 2.05) is 61.5 Å². The molecule has 180 valence electrons. The zero-order chi connectivity index (χ0) is 25.6. The van der Waals surface area contributed by atoms with E-state index in [9.17, 15) is 9.59 Å². The number of amides is 1. The fourth-order valence-corrected chi connectivity index (χ4v) is 4.93. The van der Waals surface area contributed by atoms with Crippen molar-refractivity contribution in [2.75, 3.05) is 5.32 Å². The van der Waals surface area contributed by atoms with Crippen molar-refractivity contribution in [3.05, 3.63) is 110 Å². The van der Waals surface area contributed by atoms with Gasteiger partial charge < -0.3 is 5.32 Å². The van der Waals surface area contributed by atoms with Gasteiger partial charge in [0.2, 0.25) is 0 Å². The van der Waals surface area contributed by atoms with Crippen LogP contribution in [0.15, 0.2) is 77.6 Å².